The van der Waals surface area contributed by atoms with Gasteiger partial charge in [0.25, 0.3) is 0 Å². The van der Waals surface area contributed by atoms with Crippen molar-refractivity contribution >= 4 is 0 Å². The lowest BCUT2D eigenvalue weighted by atomic mass is 10.1. The molecule has 2 unspecified atom stereocenters. The lowest BCUT2D eigenvalue weighted by molar-refractivity contribution is -0.0104. The molecule has 0 aliphatic carbocycles. The molecule has 0 aromatic carbocycles. The quantitative estimate of drug-likeness (QED) is 0.483. The first-order valence-corrected chi connectivity index (χ1v) is 8.17. The number of unbranched alkanes of at least 4 members (excludes halogenated alkanes) is 3. The Balaban J connectivity index is 3.36. The van der Waals surface area contributed by atoms with Crippen molar-refractivity contribution in [2.24, 2.45) is 0 Å². The largest absolute Gasteiger partial charge is 0.389 e. The fraction of sp³-hybridized carbons (Fsp3) is 1.00. The topological polar surface area (TPSA) is 50.7 Å². The van der Waals surface area contributed by atoms with E-state index in [1.165, 1.54) is 32.1 Å². The minimum atomic E-state index is -0.438. The van der Waals surface area contributed by atoms with Gasteiger partial charge >= 0.3 is 0 Å². The van der Waals surface area contributed by atoms with Crippen molar-refractivity contribution in [3.8, 4) is 0 Å². The van der Waals surface area contributed by atoms with E-state index in [4.69, 9.17) is 9.47 Å². The van der Waals surface area contributed by atoms with Gasteiger partial charge in [0, 0.05) is 12.6 Å². The molecule has 122 valence electrons. The zero-order valence-electron chi connectivity index (χ0n) is 13.9. The highest BCUT2D eigenvalue weighted by Crippen LogP contribution is 2.05. The first-order chi connectivity index (χ1) is 9.56. The molecule has 0 fully saturated rings. The van der Waals surface area contributed by atoms with E-state index in [2.05, 4.69) is 19.2 Å². The Hall–Kier alpha value is -0.160. The van der Waals surface area contributed by atoms with Crippen LogP contribution in [0, 0.1) is 0 Å². The molecule has 0 aromatic heterocycles. The van der Waals surface area contributed by atoms with E-state index in [9.17, 15) is 5.11 Å². The Morgan fingerprint density at radius 3 is 2.45 bits per heavy atom. The van der Waals surface area contributed by atoms with Crippen LogP contribution in [0.2, 0.25) is 0 Å². The standard InChI is InChI=1S/C16H35NO3/c1-5-6-7-8-9-15(4)17-12-16(18)13-19-10-11-20-14(2)3/h14-18H,5-13H2,1-4H3. The smallest absolute Gasteiger partial charge is 0.0897 e. The first-order valence-electron chi connectivity index (χ1n) is 8.17. The van der Waals surface area contributed by atoms with E-state index in [1.807, 2.05) is 13.8 Å². The summed E-state index contributed by atoms with van der Waals surface area (Å²) in [4.78, 5) is 0. The second-order valence-corrected chi connectivity index (χ2v) is 5.81. The molecule has 0 saturated carbocycles. The van der Waals surface area contributed by atoms with E-state index >= 15 is 0 Å². The summed E-state index contributed by atoms with van der Waals surface area (Å²) in [5, 5.41) is 13.1. The number of aliphatic hydroxyl groups excluding tert-OH is 1. The summed E-state index contributed by atoms with van der Waals surface area (Å²) in [6, 6.07) is 0.464. The van der Waals surface area contributed by atoms with Crippen molar-refractivity contribution in [2.75, 3.05) is 26.4 Å². The zero-order valence-corrected chi connectivity index (χ0v) is 13.9. The van der Waals surface area contributed by atoms with Gasteiger partial charge in [-0.25, -0.2) is 0 Å². The van der Waals surface area contributed by atoms with Gasteiger partial charge in [-0.2, -0.15) is 0 Å². The molecule has 0 aliphatic rings. The molecule has 0 radical (unpaired) electrons. The maximum absolute atomic E-state index is 9.79. The van der Waals surface area contributed by atoms with Crippen LogP contribution in [-0.2, 0) is 9.47 Å². The molecule has 0 spiro atoms. The Bertz CT molecular complexity index is 200. The minimum absolute atomic E-state index is 0.235. The summed E-state index contributed by atoms with van der Waals surface area (Å²) in [7, 11) is 0. The Kier molecular flexibility index (Phi) is 13.7. The van der Waals surface area contributed by atoms with Gasteiger partial charge in [0.1, 0.15) is 0 Å². The van der Waals surface area contributed by atoms with Crippen LogP contribution in [0.15, 0.2) is 0 Å². The summed E-state index contributed by atoms with van der Waals surface area (Å²) in [5.74, 6) is 0. The maximum atomic E-state index is 9.79. The molecule has 0 aromatic rings. The molecule has 0 heterocycles. The second-order valence-electron chi connectivity index (χ2n) is 5.81. The normalized spacial score (nSPS) is 14.7. The lowest BCUT2D eigenvalue weighted by Gasteiger charge is -2.17. The summed E-state index contributed by atoms with van der Waals surface area (Å²) < 4.78 is 10.7. The molecule has 20 heavy (non-hydrogen) atoms. The fourth-order valence-electron chi connectivity index (χ4n) is 1.94. The van der Waals surface area contributed by atoms with Gasteiger partial charge in [-0.15, -0.1) is 0 Å². The van der Waals surface area contributed by atoms with Crippen molar-refractivity contribution < 1.29 is 14.6 Å². The number of hydrogen-bond acceptors (Lipinski definition) is 4. The van der Waals surface area contributed by atoms with Crippen LogP contribution in [0.3, 0.4) is 0 Å². The Morgan fingerprint density at radius 1 is 1.05 bits per heavy atom. The average Bonchev–Trinajstić information content (AvgIpc) is 2.40. The molecule has 0 saturated heterocycles. The van der Waals surface area contributed by atoms with Crippen LogP contribution in [0.1, 0.15) is 59.8 Å². The van der Waals surface area contributed by atoms with Crippen LogP contribution in [-0.4, -0.2) is 49.7 Å². The predicted octanol–water partition coefficient (Wildman–Crippen LogP) is 2.74. The maximum Gasteiger partial charge on any atom is 0.0897 e. The van der Waals surface area contributed by atoms with Gasteiger partial charge in [0.05, 0.1) is 32.0 Å². The van der Waals surface area contributed by atoms with Crippen molar-refractivity contribution in [1.29, 1.82) is 0 Å². The lowest BCUT2D eigenvalue weighted by Crippen LogP contribution is -2.36. The zero-order chi connectivity index (χ0) is 15.2. The van der Waals surface area contributed by atoms with Gasteiger partial charge < -0.3 is 19.9 Å². The molecule has 4 heteroatoms. The highest BCUT2D eigenvalue weighted by molar-refractivity contribution is 4.65. The Labute approximate surface area is 125 Å². The number of aliphatic hydroxyl groups is 1. The summed E-state index contributed by atoms with van der Waals surface area (Å²) in [6.45, 7) is 10.5. The highest BCUT2D eigenvalue weighted by Gasteiger charge is 2.07. The fourth-order valence-corrected chi connectivity index (χ4v) is 1.94. The monoisotopic (exact) mass is 289 g/mol. The van der Waals surface area contributed by atoms with Crippen LogP contribution in [0.25, 0.3) is 0 Å². The van der Waals surface area contributed by atoms with E-state index in [0.717, 1.165) is 0 Å². The van der Waals surface area contributed by atoms with E-state index in [-0.39, 0.29) is 6.10 Å². The van der Waals surface area contributed by atoms with Gasteiger partial charge in [0.2, 0.25) is 0 Å². The van der Waals surface area contributed by atoms with E-state index in [0.29, 0.717) is 32.4 Å². The van der Waals surface area contributed by atoms with E-state index in [1.54, 1.807) is 0 Å². The third kappa shape index (κ3) is 14.3. The van der Waals surface area contributed by atoms with Crippen molar-refractivity contribution in [1.82, 2.24) is 5.32 Å². The molecule has 0 aliphatic heterocycles. The summed E-state index contributed by atoms with van der Waals surface area (Å²) >= 11 is 0. The molecule has 4 nitrogen and oxygen atoms in total. The van der Waals surface area contributed by atoms with Crippen LogP contribution in [0.4, 0.5) is 0 Å². The summed E-state index contributed by atoms with van der Waals surface area (Å²) in [5.41, 5.74) is 0. The third-order valence-electron chi connectivity index (χ3n) is 3.18. The van der Waals surface area contributed by atoms with Gasteiger partial charge in [-0.05, 0) is 27.2 Å². The van der Waals surface area contributed by atoms with Crippen LogP contribution < -0.4 is 5.32 Å². The predicted molar refractivity (Wildman–Crippen MR) is 84.1 cm³/mol. The van der Waals surface area contributed by atoms with Gasteiger partial charge in [0.15, 0.2) is 0 Å². The molecule has 2 N–H and O–H groups in total. The molecular formula is C16H35NO3. The van der Waals surface area contributed by atoms with Crippen molar-refractivity contribution in [3.05, 3.63) is 0 Å². The highest BCUT2D eigenvalue weighted by atomic mass is 16.5. The van der Waals surface area contributed by atoms with Crippen molar-refractivity contribution in [3.63, 3.8) is 0 Å². The molecule has 0 bridgehead atoms. The molecule has 2 atom stereocenters. The van der Waals surface area contributed by atoms with E-state index < -0.39 is 6.10 Å². The number of rotatable bonds is 14. The Morgan fingerprint density at radius 2 is 1.80 bits per heavy atom. The van der Waals surface area contributed by atoms with Crippen molar-refractivity contribution in [2.45, 2.75) is 78.0 Å². The minimum Gasteiger partial charge on any atom is -0.389 e. The number of ether oxygens (including phenoxy) is 2. The number of nitrogens with one attached hydrogen (secondary N) is 1. The van der Waals surface area contributed by atoms with Crippen LogP contribution in [0.5, 0.6) is 0 Å². The van der Waals surface area contributed by atoms with Gasteiger partial charge in [-0.1, -0.05) is 32.6 Å². The third-order valence-corrected chi connectivity index (χ3v) is 3.18. The van der Waals surface area contributed by atoms with Gasteiger partial charge in [-0.3, -0.25) is 0 Å². The SMILES string of the molecule is CCCCCCC(C)NCC(O)COCCOC(C)C. The number of hydrogen-bond donors (Lipinski definition) is 2. The second kappa shape index (κ2) is 13.8. The first kappa shape index (κ1) is 19.8. The molecular weight excluding hydrogens is 254 g/mol. The average molecular weight is 289 g/mol. The summed E-state index contributed by atoms with van der Waals surface area (Å²) in [6.07, 6.45) is 6.15. The van der Waals surface area contributed by atoms with Crippen LogP contribution >= 0.6 is 0 Å². The molecule has 0 amide bonds. The molecule has 0 rings (SSSR count).